The lowest BCUT2D eigenvalue weighted by Crippen LogP contribution is -2.56. The van der Waals surface area contributed by atoms with Gasteiger partial charge in [0.1, 0.15) is 12.6 Å². The van der Waals surface area contributed by atoms with Crippen molar-refractivity contribution in [1.82, 2.24) is 10.2 Å². The molecule has 1 unspecified atom stereocenters. The molecule has 7 nitrogen and oxygen atoms in total. The fourth-order valence-corrected chi connectivity index (χ4v) is 5.55. The van der Waals surface area contributed by atoms with Crippen LogP contribution in [0.5, 0.6) is 0 Å². The van der Waals surface area contributed by atoms with Crippen LogP contribution in [0.4, 0.5) is 5.69 Å². The van der Waals surface area contributed by atoms with E-state index in [1.165, 1.54) is 4.90 Å². The molecule has 0 heterocycles. The molecule has 0 aliphatic rings. The van der Waals surface area contributed by atoms with Gasteiger partial charge in [0.05, 0.1) is 11.9 Å². The first-order valence-corrected chi connectivity index (χ1v) is 15.3. The Bertz CT molecular complexity index is 1450. The molecule has 3 aromatic rings. The van der Waals surface area contributed by atoms with Gasteiger partial charge in [0.15, 0.2) is 0 Å². The molecule has 0 saturated carbocycles. The van der Waals surface area contributed by atoms with E-state index < -0.39 is 34.1 Å². The lowest BCUT2D eigenvalue weighted by molar-refractivity contribution is -0.140. The largest absolute Gasteiger partial charge is 0.350 e. The van der Waals surface area contributed by atoms with Crippen molar-refractivity contribution in [2.24, 2.45) is 0 Å². The molecule has 0 spiro atoms. The number of amides is 2. The molecule has 1 atom stereocenters. The number of carbonyl (C=O) groups excluding carboxylic acids is 2. The lowest BCUT2D eigenvalue weighted by Gasteiger charge is -2.35. The van der Waals surface area contributed by atoms with Gasteiger partial charge in [0, 0.05) is 23.5 Å². The Morgan fingerprint density at radius 2 is 1.55 bits per heavy atom. The number of sulfonamides is 1. The highest BCUT2D eigenvalue weighted by Crippen LogP contribution is 2.26. The van der Waals surface area contributed by atoms with Gasteiger partial charge in [-0.3, -0.25) is 13.9 Å². The van der Waals surface area contributed by atoms with Gasteiger partial charge in [0.2, 0.25) is 21.8 Å². The fourth-order valence-electron chi connectivity index (χ4n) is 4.44. The van der Waals surface area contributed by atoms with Gasteiger partial charge < -0.3 is 10.2 Å². The Morgan fingerprint density at radius 3 is 2.15 bits per heavy atom. The van der Waals surface area contributed by atoms with Gasteiger partial charge in [-0.2, -0.15) is 0 Å². The van der Waals surface area contributed by atoms with E-state index in [0.717, 1.165) is 32.8 Å². The van der Waals surface area contributed by atoms with E-state index in [1.807, 2.05) is 77.1 Å². The number of hydrogen-bond acceptors (Lipinski definition) is 4. The number of rotatable bonds is 10. The van der Waals surface area contributed by atoms with Crippen molar-refractivity contribution in [2.75, 3.05) is 17.1 Å². The first-order chi connectivity index (χ1) is 18.7. The van der Waals surface area contributed by atoms with E-state index in [4.69, 9.17) is 11.6 Å². The van der Waals surface area contributed by atoms with Crippen LogP contribution in [-0.2, 0) is 32.6 Å². The number of carbonyl (C=O) groups is 2. The molecule has 0 aromatic heterocycles. The molecule has 3 rings (SSSR count). The molecule has 0 radical (unpaired) electrons. The summed E-state index contributed by atoms with van der Waals surface area (Å²) in [6.45, 7) is 8.94. The van der Waals surface area contributed by atoms with E-state index in [2.05, 4.69) is 5.32 Å². The van der Waals surface area contributed by atoms with Crippen LogP contribution in [0, 0.1) is 13.8 Å². The van der Waals surface area contributed by atoms with Gasteiger partial charge in [-0.05, 0) is 75.1 Å². The van der Waals surface area contributed by atoms with Gasteiger partial charge in [-0.1, -0.05) is 66.2 Å². The SMILES string of the molecule is Cc1cccc(N(CC(=O)N(Cc2cccc(Cl)c2)C(Cc2ccccc2)C(=O)NC(C)(C)C)S(C)(=O)=O)c1C. The first-order valence-electron chi connectivity index (χ1n) is 13.1. The summed E-state index contributed by atoms with van der Waals surface area (Å²) < 4.78 is 27.1. The maximum Gasteiger partial charge on any atom is 0.244 e. The summed E-state index contributed by atoms with van der Waals surface area (Å²) in [5.74, 6) is -0.833. The number of nitrogens with one attached hydrogen (secondary N) is 1. The molecule has 9 heteroatoms. The van der Waals surface area contributed by atoms with E-state index >= 15 is 0 Å². The molecule has 0 fully saturated rings. The topological polar surface area (TPSA) is 86.8 Å². The lowest BCUT2D eigenvalue weighted by atomic mass is 10.0. The number of anilines is 1. The van der Waals surface area contributed by atoms with Crippen LogP contribution in [-0.4, -0.2) is 49.5 Å². The van der Waals surface area contributed by atoms with Crippen molar-refractivity contribution >= 4 is 39.1 Å². The van der Waals surface area contributed by atoms with Gasteiger partial charge in [-0.15, -0.1) is 0 Å². The highest BCUT2D eigenvalue weighted by Gasteiger charge is 2.34. The van der Waals surface area contributed by atoms with Crippen molar-refractivity contribution in [1.29, 1.82) is 0 Å². The van der Waals surface area contributed by atoms with Gasteiger partial charge in [-0.25, -0.2) is 8.42 Å². The highest BCUT2D eigenvalue weighted by atomic mass is 35.5. The summed E-state index contributed by atoms with van der Waals surface area (Å²) in [7, 11) is -3.83. The molecule has 0 aliphatic heterocycles. The zero-order valence-electron chi connectivity index (χ0n) is 23.9. The Labute approximate surface area is 243 Å². The monoisotopic (exact) mass is 583 g/mol. The summed E-state index contributed by atoms with van der Waals surface area (Å²) in [4.78, 5) is 29.4. The number of benzene rings is 3. The van der Waals surface area contributed by atoms with Crippen LogP contribution in [0.25, 0.3) is 0 Å². The van der Waals surface area contributed by atoms with Crippen molar-refractivity contribution in [3.8, 4) is 0 Å². The van der Waals surface area contributed by atoms with Crippen LogP contribution < -0.4 is 9.62 Å². The Kier molecular flexibility index (Phi) is 10.0. The predicted octanol–water partition coefficient (Wildman–Crippen LogP) is 5.28. The van der Waals surface area contributed by atoms with Crippen LogP contribution in [0.2, 0.25) is 5.02 Å². The summed E-state index contributed by atoms with van der Waals surface area (Å²) in [5.41, 5.74) is 3.13. The summed E-state index contributed by atoms with van der Waals surface area (Å²) in [6.07, 6.45) is 1.33. The molecular weight excluding hydrogens is 546 g/mol. The summed E-state index contributed by atoms with van der Waals surface area (Å²) in [6, 6.07) is 20.9. The minimum Gasteiger partial charge on any atom is -0.350 e. The fraction of sp³-hybridized carbons (Fsp3) is 0.355. The average molecular weight is 584 g/mol. The second kappa shape index (κ2) is 12.9. The second-order valence-electron chi connectivity index (χ2n) is 11.1. The minimum absolute atomic E-state index is 0.0683. The number of aryl methyl sites for hydroxylation is 1. The van der Waals surface area contributed by atoms with Crippen molar-refractivity contribution in [3.05, 3.63) is 100 Å². The third kappa shape index (κ3) is 8.57. The molecular formula is C31H38ClN3O4S. The van der Waals surface area contributed by atoms with Crippen molar-refractivity contribution in [3.63, 3.8) is 0 Å². The molecule has 1 N–H and O–H groups in total. The van der Waals surface area contributed by atoms with E-state index in [1.54, 1.807) is 30.3 Å². The molecule has 0 saturated heterocycles. The number of nitrogens with zero attached hydrogens (tertiary/aromatic N) is 2. The molecule has 3 aromatic carbocycles. The van der Waals surface area contributed by atoms with E-state index in [-0.39, 0.29) is 18.9 Å². The maximum absolute atomic E-state index is 14.2. The third-order valence-corrected chi connectivity index (χ3v) is 7.90. The zero-order valence-corrected chi connectivity index (χ0v) is 25.5. The predicted molar refractivity (Wildman–Crippen MR) is 162 cm³/mol. The Balaban J connectivity index is 2.10. The van der Waals surface area contributed by atoms with E-state index in [0.29, 0.717) is 10.7 Å². The van der Waals surface area contributed by atoms with Crippen LogP contribution in [0.15, 0.2) is 72.8 Å². The van der Waals surface area contributed by atoms with E-state index in [9.17, 15) is 18.0 Å². The standard InChI is InChI=1S/C31H38ClN3O4S/c1-22-12-10-17-27(23(22)2)35(40(6,38)39)21-29(36)34(20-25-15-11-16-26(32)18-25)28(30(37)33-31(3,4)5)19-24-13-8-7-9-14-24/h7-18,28H,19-21H2,1-6H3,(H,33,37). The first kappa shape index (κ1) is 31.2. The highest BCUT2D eigenvalue weighted by molar-refractivity contribution is 7.92. The van der Waals surface area contributed by atoms with Gasteiger partial charge >= 0.3 is 0 Å². The Morgan fingerprint density at radius 1 is 0.925 bits per heavy atom. The van der Waals surface area contributed by atoms with Crippen LogP contribution >= 0.6 is 11.6 Å². The smallest absolute Gasteiger partial charge is 0.244 e. The molecule has 0 bridgehead atoms. The molecule has 0 aliphatic carbocycles. The quantitative estimate of drug-likeness (QED) is 0.352. The third-order valence-electron chi connectivity index (χ3n) is 6.54. The number of hydrogen-bond donors (Lipinski definition) is 1. The molecule has 2 amide bonds. The normalized spacial score (nSPS) is 12.5. The van der Waals surface area contributed by atoms with Crippen molar-refractivity contribution < 1.29 is 18.0 Å². The van der Waals surface area contributed by atoms with Gasteiger partial charge in [0.25, 0.3) is 0 Å². The minimum atomic E-state index is -3.83. The second-order valence-corrected chi connectivity index (χ2v) is 13.4. The molecule has 40 heavy (non-hydrogen) atoms. The molecule has 214 valence electrons. The van der Waals surface area contributed by atoms with Crippen LogP contribution in [0.3, 0.4) is 0 Å². The average Bonchev–Trinajstić information content (AvgIpc) is 2.85. The van der Waals surface area contributed by atoms with Crippen LogP contribution in [0.1, 0.15) is 43.0 Å². The maximum atomic E-state index is 14.2. The van der Waals surface area contributed by atoms with Crippen molar-refractivity contribution in [2.45, 2.75) is 59.2 Å². The number of halogens is 1. The Hall–Kier alpha value is -3.36. The zero-order chi connectivity index (χ0) is 29.7. The summed E-state index contributed by atoms with van der Waals surface area (Å²) >= 11 is 6.25. The summed E-state index contributed by atoms with van der Waals surface area (Å²) in [5, 5.41) is 3.51.